The number of rotatable bonds is 4. The normalized spacial score (nSPS) is 18.9. The highest BCUT2D eigenvalue weighted by Crippen LogP contribution is 2.46. The van der Waals surface area contributed by atoms with Gasteiger partial charge in [-0.15, -0.1) is 0 Å². The number of nitrogens with zero attached hydrogens (tertiary/aromatic N) is 4. The fraction of sp³-hybridized carbons (Fsp3) is 0.500. The van der Waals surface area contributed by atoms with Crippen molar-refractivity contribution in [2.24, 2.45) is 21.5 Å². The van der Waals surface area contributed by atoms with Crippen LogP contribution in [0.15, 0.2) is 22.1 Å². The zero-order valence-corrected chi connectivity index (χ0v) is 14.8. The number of methoxy groups -OCH3 is 2. The molecule has 0 atom stereocenters. The Balaban J connectivity index is 2.22. The zero-order valence-electron chi connectivity index (χ0n) is 14.8. The van der Waals surface area contributed by atoms with Gasteiger partial charge in [-0.25, -0.2) is 4.99 Å². The highest BCUT2D eigenvalue weighted by Gasteiger charge is 2.45. The minimum Gasteiger partial charge on any atom is -0.493 e. The van der Waals surface area contributed by atoms with Crippen LogP contribution in [0.1, 0.15) is 32.1 Å². The number of anilines is 1. The van der Waals surface area contributed by atoms with E-state index in [0.717, 1.165) is 19.3 Å². The summed E-state index contributed by atoms with van der Waals surface area (Å²) in [6.45, 7) is 0. The second-order valence-electron chi connectivity index (χ2n) is 6.27. The molecule has 3 rings (SSSR count). The van der Waals surface area contributed by atoms with Crippen molar-refractivity contribution in [3.8, 4) is 11.5 Å². The highest BCUT2D eigenvalue weighted by atomic mass is 16.6. The molecule has 140 valence electrons. The summed E-state index contributed by atoms with van der Waals surface area (Å²) in [5.74, 6) is 0.782. The van der Waals surface area contributed by atoms with Crippen molar-refractivity contribution >= 4 is 23.3 Å². The maximum absolute atomic E-state index is 11.7. The first-order valence-electron chi connectivity index (χ1n) is 8.32. The number of nitro benzene ring substituents is 1. The van der Waals surface area contributed by atoms with Gasteiger partial charge >= 0.3 is 0 Å². The molecule has 1 spiro atoms. The third-order valence-electron chi connectivity index (χ3n) is 4.77. The first kappa shape index (κ1) is 17.8. The van der Waals surface area contributed by atoms with Gasteiger partial charge in [-0.1, -0.05) is 6.42 Å². The van der Waals surface area contributed by atoms with E-state index in [1.54, 1.807) is 4.90 Å². The molecule has 2 aliphatic rings. The van der Waals surface area contributed by atoms with Crippen LogP contribution >= 0.6 is 0 Å². The quantitative estimate of drug-likeness (QED) is 0.613. The first-order chi connectivity index (χ1) is 12.4. The topological polar surface area (TPSA) is 142 Å². The molecule has 1 aliphatic heterocycles. The average molecular weight is 362 g/mol. The number of hydrogen-bond donors (Lipinski definition) is 2. The van der Waals surface area contributed by atoms with Gasteiger partial charge < -0.3 is 20.9 Å². The summed E-state index contributed by atoms with van der Waals surface area (Å²) in [6, 6.07) is 2.85. The van der Waals surface area contributed by atoms with Crippen molar-refractivity contribution in [1.29, 1.82) is 0 Å². The summed E-state index contributed by atoms with van der Waals surface area (Å²) in [6.07, 6.45) is 4.25. The lowest BCUT2D eigenvalue weighted by Gasteiger charge is -2.45. The Kier molecular flexibility index (Phi) is 4.58. The van der Waals surface area contributed by atoms with E-state index >= 15 is 0 Å². The van der Waals surface area contributed by atoms with E-state index in [4.69, 9.17) is 20.9 Å². The van der Waals surface area contributed by atoms with Crippen LogP contribution in [0.3, 0.4) is 0 Å². The van der Waals surface area contributed by atoms with Gasteiger partial charge in [0.1, 0.15) is 11.4 Å². The Morgan fingerprint density at radius 3 is 2.35 bits per heavy atom. The number of guanidine groups is 2. The number of aliphatic imine (C=N–C) groups is 2. The van der Waals surface area contributed by atoms with Crippen LogP contribution in [0, 0.1) is 10.1 Å². The standard InChI is InChI=1S/C16H22N6O4/c1-25-12-8-10(11(22(23)24)9-13(12)26-2)21-15(18)19-14(17)20-16(21)6-4-3-5-7-16/h8-9H,3-7H2,1-2H3,(H4,17,18,19,20). The maximum atomic E-state index is 11.7. The van der Waals surface area contributed by atoms with Gasteiger partial charge in [0.25, 0.3) is 5.69 Å². The summed E-state index contributed by atoms with van der Waals surface area (Å²) in [4.78, 5) is 21.4. The van der Waals surface area contributed by atoms with E-state index in [1.807, 2.05) is 0 Å². The number of nitrogens with two attached hydrogens (primary N) is 2. The summed E-state index contributed by atoms with van der Waals surface area (Å²) >= 11 is 0. The van der Waals surface area contributed by atoms with Crippen molar-refractivity contribution in [3.63, 3.8) is 0 Å². The summed E-state index contributed by atoms with van der Waals surface area (Å²) < 4.78 is 10.5. The molecular weight excluding hydrogens is 340 g/mol. The monoisotopic (exact) mass is 362 g/mol. The minimum atomic E-state index is -0.779. The summed E-state index contributed by atoms with van der Waals surface area (Å²) in [5.41, 5.74) is 11.3. The Hall–Kier alpha value is -3.04. The van der Waals surface area contributed by atoms with Gasteiger partial charge in [0, 0.05) is 6.07 Å². The highest BCUT2D eigenvalue weighted by molar-refractivity contribution is 6.07. The maximum Gasteiger partial charge on any atom is 0.297 e. The average Bonchev–Trinajstić information content (AvgIpc) is 2.60. The molecule has 1 heterocycles. The van der Waals surface area contributed by atoms with Gasteiger partial charge in [0.2, 0.25) is 11.9 Å². The number of ether oxygens (including phenoxy) is 2. The fourth-order valence-corrected chi connectivity index (χ4v) is 3.65. The van der Waals surface area contributed by atoms with E-state index < -0.39 is 10.6 Å². The van der Waals surface area contributed by atoms with E-state index in [1.165, 1.54) is 26.4 Å². The Bertz CT molecular complexity index is 785. The molecule has 1 aromatic carbocycles. The number of hydrogen-bond acceptors (Lipinski definition) is 9. The number of benzene rings is 1. The molecule has 26 heavy (non-hydrogen) atoms. The molecule has 1 fully saturated rings. The van der Waals surface area contributed by atoms with Gasteiger partial charge in [-0.05, 0) is 25.7 Å². The molecule has 1 saturated carbocycles. The van der Waals surface area contributed by atoms with E-state index in [-0.39, 0.29) is 29.0 Å². The van der Waals surface area contributed by atoms with Gasteiger partial charge in [-0.2, -0.15) is 4.99 Å². The molecule has 0 saturated heterocycles. The van der Waals surface area contributed by atoms with Crippen LogP contribution in [0.4, 0.5) is 11.4 Å². The molecule has 0 aromatic heterocycles. The third kappa shape index (κ3) is 2.87. The first-order valence-corrected chi connectivity index (χ1v) is 8.32. The molecule has 10 heteroatoms. The van der Waals surface area contributed by atoms with Crippen LogP contribution in [0.5, 0.6) is 11.5 Å². The molecular formula is C16H22N6O4. The second-order valence-corrected chi connectivity index (χ2v) is 6.27. The van der Waals surface area contributed by atoms with Crippen molar-refractivity contribution in [3.05, 3.63) is 22.2 Å². The molecule has 0 radical (unpaired) electrons. The Labute approximate surface area is 150 Å². The van der Waals surface area contributed by atoms with Gasteiger partial charge in [0.15, 0.2) is 11.5 Å². The number of nitro groups is 1. The lowest BCUT2D eigenvalue weighted by molar-refractivity contribution is -0.384. The van der Waals surface area contributed by atoms with Crippen LogP contribution in [-0.4, -0.2) is 36.7 Å². The van der Waals surface area contributed by atoms with E-state index in [0.29, 0.717) is 18.6 Å². The fourth-order valence-electron chi connectivity index (χ4n) is 3.65. The Morgan fingerprint density at radius 1 is 1.15 bits per heavy atom. The van der Waals surface area contributed by atoms with E-state index in [2.05, 4.69) is 9.98 Å². The van der Waals surface area contributed by atoms with Crippen molar-refractivity contribution in [2.45, 2.75) is 37.8 Å². The molecule has 0 bridgehead atoms. The van der Waals surface area contributed by atoms with Crippen LogP contribution in [0.2, 0.25) is 0 Å². The summed E-state index contributed by atoms with van der Waals surface area (Å²) in [5, 5.41) is 11.7. The molecule has 1 aromatic rings. The van der Waals surface area contributed by atoms with Crippen LogP contribution in [0.25, 0.3) is 0 Å². The van der Waals surface area contributed by atoms with Crippen LogP contribution in [-0.2, 0) is 0 Å². The molecule has 1 aliphatic carbocycles. The minimum absolute atomic E-state index is 0.0784. The lowest BCUT2D eigenvalue weighted by atomic mass is 9.87. The molecule has 10 nitrogen and oxygen atoms in total. The van der Waals surface area contributed by atoms with Crippen molar-refractivity contribution in [2.75, 3.05) is 19.1 Å². The second kappa shape index (κ2) is 6.70. The van der Waals surface area contributed by atoms with Crippen molar-refractivity contribution in [1.82, 2.24) is 0 Å². The van der Waals surface area contributed by atoms with Crippen LogP contribution < -0.4 is 25.8 Å². The molecule has 0 amide bonds. The Morgan fingerprint density at radius 2 is 1.77 bits per heavy atom. The zero-order chi connectivity index (χ0) is 18.9. The van der Waals surface area contributed by atoms with Gasteiger partial charge in [-0.3, -0.25) is 15.0 Å². The smallest absolute Gasteiger partial charge is 0.297 e. The third-order valence-corrected chi connectivity index (χ3v) is 4.77. The SMILES string of the molecule is COc1cc(N2C(N)=NC(N)=NC23CCCCC3)c([N+](=O)[O-])cc1OC. The van der Waals surface area contributed by atoms with Gasteiger partial charge in [0.05, 0.1) is 25.2 Å². The lowest BCUT2D eigenvalue weighted by Crippen LogP contribution is -2.58. The molecule has 4 N–H and O–H groups in total. The predicted octanol–water partition coefficient (Wildman–Crippen LogP) is 1.72. The largest absolute Gasteiger partial charge is 0.493 e. The molecule has 0 unspecified atom stereocenters. The van der Waals surface area contributed by atoms with E-state index in [9.17, 15) is 10.1 Å². The van der Waals surface area contributed by atoms with Crippen molar-refractivity contribution < 1.29 is 14.4 Å². The summed E-state index contributed by atoms with van der Waals surface area (Å²) in [7, 11) is 2.89. The predicted molar refractivity (Wildman–Crippen MR) is 97.7 cm³/mol.